The Morgan fingerprint density at radius 1 is 1.55 bits per heavy atom. The number of amides is 1. The van der Waals surface area contributed by atoms with Crippen LogP contribution in [0.15, 0.2) is 17.5 Å². The van der Waals surface area contributed by atoms with Gasteiger partial charge in [-0.25, -0.2) is 0 Å². The van der Waals surface area contributed by atoms with Gasteiger partial charge in [-0.3, -0.25) is 4.79 Å². The molecule has 3 rings (SSSR count). The maximum absolute atomic E-state index is 12.1. The summed E-state index contributed by atoms with van der Waals surface area (Å²) in [7, 11) is 1.74. The molecule has 1 N–H and O–H groups in total. The van der Waals surface area contributed by atoms with Crippen molar-refractivity contribution in [3.05, 3.63) is 22.4 Å². The predicted octanol–water partition coefficient (Wildman–Crippen LogP) is 1.75. The molecule has 1 atom stereocenters. The van der Waals surface area contributed by atoms with Crippen molar-refractivity contribution in [2.24, 2.45) is 0 Å². The van der Waals surface area contributed by atoms with Gasteiger partial charge in [0.15, 0.2) is 0 Å². The van der Waals surface area contributed by atoms with E-state index in [2.05, 4.69) is 10.2 Å². The number of nitrogens with one attached hydrogen (secondary N) is 1. The molecule has 0 aromatic carbocycles. The van der Waals surface area contributed by atoms with Gasteiger partial charge in [0.25, 0.3) is 5.91 Å². The van der Waals surface area contributed by atoms with Crippen LogP contribution in [-0.2, 0) is 9.47 Å². The maximum atomic E-state index is 12.1. The number of likely N-dealkylation sites (tertiary alicyclic amines) is 1. The lowest BCUT2D eigenvalue weighted by Crippen LogP contribution is -2.45. The van der Waals surface area contributed by atoms with Crippen LogP contribution in [-0.4, -0.2) is 62.4 Å². The van der Waals surface area contributed by atoms with Gasteiger partial charge < -0.3 is 19.7 Å². The van der Waals surface area contributed by atoms with Crippen molar-refractivity contribution in [3.8, 4) is 0 Å². The lowest BCUT2D eigenvalue weighted by Gasteiger charge is -2.38. The minimum atomic E-state index is -0.0308. The third kappa shape index (κ3) is 3.68. The maximum Gasteiger partial charge on any atom is 0.261 e. The van der Waals surface area contributed by atoms with Gasteiger partial charge in [0, 0.05) is 26.7 Å². The first-order chi connectivity index (χ1) is 10.7. The van der Waals surface area contributed by atoms with E-state index < -0.39 is 0 Å². The molecule has 1 amide bonds. The van der Waals surface area contributed by atoms with E-state index in [1.165, 1.54) is 11.3 Å². The zero-order valence-corrected chi connectivity index (χ0v) is 13.9. The number of thiophene rings is 1. The molecule has 22 heavy (non-hydrogen) atoms. The molecule has 5 nitrogen and oxygen atoms in total. The molecule has 3 heterocycles. The van der Waals surface area contributed by atoms with Crippen LogP contribution >= 0.6 is 11.3 Å². The van der Waals surface area contributed by atoms with Crippen LogP contribution in [0.25, 0.3) is 0 Å². The van der Waals surface area contributed by atoms with Crippen LogP contribution in [0, 0.1) is 0 Å². The van der Waals surface area contributed by atoms with Gasteiger partial charge in [-0.05, 0) is 30.7 Å². The Balaban J connectivity index is 1.47. The largest absolute Gasteiger partial charge is 0.383 e. The van der Waals surface area contributed by atoms with E-state index in [-0.39, 0.29) is 17.6 Å². The van der Waals surface area contributed by atoms with E-state index in [0.717, 1.165) is 50.4 Å². The molecule has 1 aromatic rings. The highest BCUT2D eigenvalue weighted by molar-refractivity contribution is 7.12. The van der Waals surface area contributed by atoms with Crippen molar-refractivity contribution < 1.29 is 14.3 Å². The molecule has 1 spiro atoms. The van der Waals surface area contributed by atoms with E-state index in [9.17, 15) is 4.79 Å². The highest BCUT2D eigenvalue weighted by atomic mass is 32.1. The van der Waals surface area contributed by atoms with Crippen LogP contribution in [0.5, 0.6) is 0 Å². The van der Waals surface area contributed by atoms with Gasteiger partial charge >= 0.3 is 0 Å². The van der Waals surface area contributed by atoms with Gasteiger partial charge in [-0.15, -0.1) is 11.3 Å². The monoisotopic (exact) mass is 324 g/mol. The third-order valence-electron chi connectivity index (χ3n) is 4.67. The first-order valence-electron chi connectivity index (χ1n) is 7.90. The molecule has 122 valence electrons. The molecule has 1 aromatic heterocycles. The van der Waals surface area contributed by atoms with Crippen LogP contribution in [0.4, 0.5) is 0 Å². The van der Waals surface area contributed by atoms with Crippen LogP contribution in [0.1, 0.15) is 28.9 Å². The number of rotatable bonds is 5. The molecule has 0 bridgehead atoms. The number of ether oxygens (including phenoxy) is 2. The van der Waals surface area contributed by atoms with Gasteiger partial charge in [0.1, 0.15) is 0 Å². The smallest absolute Gasteiger partial charge is 0.261 e. The Labute approximate surface area is 135 Å². The van der Waals surface area contributed by atoms with E-state index in [4.69, 9.17) is 9.47 Å². The molecule has 2 fully saturated rings. The Kier molecular flexibility index (Phi) is 5.13. The predicted molar refractivity (Wildman–Crippen MR) is 86.4 cm³/mol. The van der Waals surface area contributed by atoms with Crippen molar-refractivity contribution >= 4 is 17.2 Å². The molecular formula is C16H24N2O3S. The Hall–Kier alpha value is -0.950. The fourth-order valence-electron chi connectivity index (χ4n) is 3.35. The highest BCUT2D eigenvalue weighted by Crippen LogP contribution is 2.36. The lowest BCUT2D eigenvalue weighted by atomic mass is 9.87. The first-order valence-corrected chi connectivity index (χ1v) is 8.78. The average molecular weight is 324 g/mol. The van der Waals surface area contributed by atoms with Crippen LogP contribution < -0.4 is 5.32 Å². The van der Waals surface area contributed by atoms with Crippen molar-refractivity contribution in [2.75, 3.05) is 40.0 Å². The summed E-state index contributed by atoms with van der Waals surface area (Å²) in [5, 5.41) is 5.04. The van der Waals surface area contributed by atoms with Gasteiger partial charge in [0.2, 0.25) is 0 Å². The van der Waals surface area contributed by atoms with E-state index in [1.807, 2.05) is 17.5 Å². The van der Waals surface area contributed by atoms with Crippen molar-refractivity contribution in [2.45, 2.75) is 30.9 Å². The van der Waals surface area contributed by atoms with Gasteiger partial charge in [0.05, 0.1) is 29.7 Å². The van der Waals surface area contributed by atoms with E-state index in [1.54, 1.807) is 7.11 Å². The van der Waals surface area contributed by atoms with E-state index in [0.29, 0.717) is 6.61 Å². The number of hydrogen-bond acceptors (Lipinski definition) is 5. The number of nitrogens with zero attached hydrogens (tertiary/aromatic N) is 1. The SMILES string of the molecule is COCCN1CCC2(CC1)C[C@H](NC(=O)c1cccs1)CO2. The fraction of sp³-hybridized carbons (Fsp3) is 0.688. The highest BCUT2D eigenvalue weighted by Gasteiger charge is 2.43. The molecule has 6 heteroatoms. The molecule has 2 aliphatic heterocycles. The summed E-state index contributed by atoms with van der Waals surface area (Å²) >= 11 is 1.48. The topological polar surface area (TPSA) is 50.8 Å². The van der Waals surface area contributed by atoms with Crippen molar-refractivity contribution in [1.82, 2.24) is 10.2 Å². The lowest BCUT2D eigenvalue weighted by molar-refractivity contribution is -0.0460. The van der Waals surface area contributed by atoms with Crippen LogP contribution in [0.3, 0.4) is 0 Å². The molecule has 0 unspecified atom stereocenters. The number of carbonyl (C=O) groups is 1. The Bertz CT molecular complexity index is 484. The van der Waals surface area contributed by atoms with Crippen LogP contribution in [0.2, 0.25) is 0 Å². The quantitative estimate of drug-likeness (QED) is 0.896. The number of carbonyl (C=O) groups excluding carboxylic acids is 1. The first kappa shape index (κ1) is 15.9. The number of methoxy groups -OCH3 is 1. The standard InChI is InChI=1S/C16H24N2O3S/c1-20-9-8-18-6-4-16(5-7-18)11-13(12-21-16)17-15(19)14-3-2-10-22-14/h2-3,10,13H,4-9,11-12H2,1H3,(H,17,19)/t13-/m0/s1. The fourth-order valence-corrected chi connectivity index (χ4v) is 3.98. The second kappa shape index (κ2) is 7.08. The minimum Gasteiger partial charge on any atom is -0.383 e. The van der Waals surface area contributed by atoms with E-state index >= 15 is 0 Å². The Morgan fingerprint density at radius 3 is 3.05 bits per heavy atom. The Morgan fingerprint density at radius 2 is 2.36 bits per heavy atom. The normalized spacial score (nSPS) is 24.7. The zero-order chi connectivity index (χ0) is 15.4. The minimum absolute atomic E-state index is 0.0261. The van der Waals surface area contributed by atoms with Gasteiger partial charge in [-0.2, -0.15) is 0 Å². The summed E-state index contributed by atoms with van der Waals surface area (Å²) in [6, 6.07) is 3.90. The van der Waals surface area contributed by atoms with Crippen molar-refractivity contribution in [1.29, 1.82) is 0 Å². The third-order valence-corrected chi connectivity index (χ3v) is 5.54. The summed E-state index contributed by atoms with van der Waals surface area (Å²) in [6.07, 6.45) is 3.02. The second-order valence-corrected chi connectivity index (χ2v) is 7.13. The molecule has 2 aliphatic rings. The summed E-state index contributed by atoms with van der Waals surface area (Å²) in [5.41, 5.74) is -0.0308. The molecule has 0 saturated carbocycles. The average Bonchev–Trinajstić information content (AvgIpc) is 3.18. The molecular weight excluding hydrogens is 300 g/mol. The summed E-state index contributed by atoms with van der Waals surface area (Å²) in [5.74, 6) is 0.0261. The summed E-state index contributed by atoms with van der Waals surface area (Å²) in [4.78, 5) is 15.3. The van der Waals surface area contributed by atoms with Crippen molar-refractivity contribution in [3.63, 3.8) is 0 Å². The second-order valence-electron chi connectivity index (χ2n) is 6.18. The van der Waals surface area contributed by atoms with Gasteiger partial charge in [-0.1, -0.05) is 6.07 Å². The number of piperidine rings is 1. The zero-order valence-electron chi connectivity index (χ0n) is 13.0. The number of hydrogen-bond donors (Lipinski definition) is 1. The summed E-state index contributed by atoms with van der Waals surface area (Å²) < 4.78 is 11.2. The molecule has 0 radical (unpaired) electrons. The summed E-state index contributed by atoms with van der Waals surface area (Å²) in [6.45, 7) is 4.51. The molecule has 2 saturated heterocycles. The molecule has 0 aliphatic carbocycles.